The molecule has 1 aliphatic heterocycles. The number of aromatic nitrogens is 1. The summed E-state index contributed by atoms with van der Waals surface area (Å²) in [6, 6.07) is 4.99. The van der Waals surface area contributed by atoms with Crippen LogP contribution in [-0.2, 0) is 4.79 Å². The van der Waals surface area contributed by atoms with E-state index in [1.165, 1.54) is 6.20 Å². The van der Waals surface area contributed by atoms with E-state index in [1.807, 2.05) is 6.92 Å². The molecule has 0 spiro atoms. The second-order valence-electron chi connectivity index (χ2n) is 3.82. The third-order valence-electron chi connectivity index (χ3n) is 2.45. The quantitative estimate of drug-likeness (QED) is 0.742. The van der Waals surface area contributed by atoms with Gasteiger partial charge in [-0.2, -0.15) is 10.1 Å². The first-order valence-electron chi connectivity index (χ1n) is 5.57. The van der Waals surface area contributed by atoms with Crippen molar-refractivity contribution >= 4 is 17.5 Å². The molecule has 0 radical (unpaired) electrons. The predicted octanol–water partition coefficient (Wildman–Crippen LogP) is 1.61. The zero-order chi connectivity index (χ0) is 12.3. The van der Waals surface area contributed by atoms with Gasteiger partial charge >= 0.3 is 0 Å². The number of pyridine rings is 1. The zero-order valence-electron chi connectivity index (χ0n) is 9.59. The highest BCUT2D eigenvalue weighted by atomic mass is 16.2. The van der Waals surface area contributed by atoms with Crippen LogP contribution in [0.1, 0.15) is 36.7 Å². The van der Waals surface area contributed by atoms with Gasteiger partial charge in [0.25, 0.3) is 11.8 Å². The molecule has 5 heteroatoms. The second kappa shape index (κ2) is 4.86. The van der Waals surface area contributed by atoms with Gasteiger partial charge in [-0.1, -0.05) is 19.4 Å². The van der Waals surface area contributed by atoms with Crippen molar-refractivity contribution < 1.29 is 9.59 Å². The normalized spacial score (nSPS) is 15.0. The van der Waals surface area contributed by atoms with Crippen LogP contribution in [0.3, 0.4) is 0 Å². The first-order chi connectivity index (χ1) is 8.22. The lowest BCUT2D eigenvalue weighted by Crippen LogP contribution is -2.28. The highest BCUT2D eigenvalue weighted by Crippen LogP contribution is 2.14. The average molecular weight is 231 g/mol. The van der Waals surface area contributed by atoms with Crippen LogP contribution in [-0.4, -0.2) is 27.5 Å². The monoisotopic (exact) mass is 231 g/mol. The number of carbonyl (C=O) groups is 2. The number of rotatable bonds is 3. The fourth-order valence-electron chi connectivity index (χ4n) is 1.67. The molecule has 88 valence electrons. The Morgan fingerprint density at radius 1 is 1.47 bits per heavy atom. The highest BCUT2D eigenvalue weighted by Gasteiger charge is 2.29. The lowest BCUT2D eigenvalue weighted by Gasteiger charge is -2.08. The van der Waals surface area contributed by atoms with Gasteiger partial charge in [0, 0.05) is 11.9 Å². The zero-order valence-corrected chi connectivity index (χ0v) is 9.59. The van der Waals surface area contributed by atoms with E-state index in [0.29, 0.717) is 0 Å². The molecular weight excluding hydrogens is 218 g/mol. The SMILES string of the molecule is CCCC1=NN(C(=O)c2ccccn2)C(=O)C1. The second-order valence-corrected chi connectivity index (χ2v) is 3.82. The summed E-state index contributed by atoms with van der Waals surface area (Å²) >= 11 is 0. The molecule has 0 aromatic carbocycles. The van der Waals surface area contributed by atoms with Gasteiger partial charge in [-0.25, -0.2) is 0 Å². The molecule has 0 unspecified atom stereocenters. The van der Waals surface area contributed by atoms with Gasteiger partial charge in [-0.3, -0.25) is 14.6 Å². The van der Waals surface area contributed by atoms with E-state index in [9.17, 15) is 9.59 Å². The largest absolute Gasteiger partial charge is 0.299 e. The van der Waals surface area contributed by atoms with Crippen LogP contribution in [0.4, 0.5) is 0 Å². The van der Waals surface area contributed by atoms with Crippen LogP contribution in [0.25, 0.3) is 0 Å². The molecule has 2 amide bonds. The van der Waals surface area contributed by atoms with Crippen LogP contribution in [0, 0.1) is 0 Å². The van der Waals surface area contributed by atoms with E-state index in [2.05, 4.69) is 10.1 Å². The minimum Gasteiger partial charge on any atom is -0.272 e. The third-order valence-corrected chi connectivity index (χ3v) is 2.45. The molecule has 2 rings (SSSR count). The van der Waals surface area contributed by atoms with Gasteiger partial charge in [-0.05, 0) is 18.6 Å². The van der Waals surface area contributed by atoms with Crippen molar-refractivity contribution in [3.63, 3.8) is 0 Å². The summed E-state index contributed by atoms with van der Waals surface area (Å²) in [6.45, 7) is 2.01. The van der Waals surface area contributed by atoms with Crippen molar-refractivity contribution in [2.75, 3.05) is 0 Å². The minimum atomic E-state index is -0.457. The fourth-order valence-corrected chi connectivity index (χ4v) is 1.67. The van der Waals surface area contributed by atoms with Crippen molar-refractivity contribution in [3.05, 3.63) is 30.1 Å². The fraction of sp³-hybridized carbons (Fsp3) is 0.333. The Labute approximate surface area is 99.1 Å². The molecule has 1 aromatic heterocycles. The molecule has 0 fully saturated rings. The Balaban J connectivity index is 2.18. The molecule has 0 aliphatic carbocycles. The maximum Gasteiger partial charge on any atom is 0.299 e. The summed E-state index contributed by atoms with van der Waals surface area (Å²) < 4.78 is 0. The van der Waals surface area contributed by atoms with Crippen LogP contribution in [0.2, 0.25) is 0 Å². The molecule has 0 saturated heterocycles. The number of hydrazone groups is 1. The maximum absolute atomic E-state index is 11.9. The van der Waals surface area contributed by atoms with Gasteiger partial charge in [0.1, 0.15) is 5.69 Å². The summed E-state index contributed by atoms with van der Waals surface area (Å²) in [6.07, 6.45) is 3.42. The van der Waals surface area contributed by atoms with Crippen LogP contribution in [0.15, 0.2) is 29.5 Å². The van der Waals surface area contributed by atoms with E-state index < -0.39 is 5.91 Å². The van der Waals surface area contributed by atoms with Crippen LogP contribution in [0.5, 0.6) is 0 Å². The van der Waals surface area contributed by atoms with Crippen LogP contribution < -0.4 is 0 Å². The Bertz CT molecular complexity index is 468. The molecule has 0 atom stereocenters. The van der Waals surface area contributed by atoms with E-state index in [-0.39, 0.29) is 18.0 Å². The molecule has 0 saturated carbocycles. The minimum absolute atomic E-state index is 0.238. The molecule has 0 N–H and O–H groups in total. The Hall–Kier alpha value is -2.04. The lowest BCUT2D eigenvalue weighted by molar-refractivity contribution is -0.126. The number of nitrogens with zero attached hydrogens (tertiary/aromatic N) is 3. The molecule has 17 heavy (non-hydrogen) atoms. The Morgan fingerprint density at radius 2 is 2.29 bits per heavy atom. The predicted molar refractivity (Wildman–Crippen MR) is 62.4 cm³/mol. The lowest BCUT2D eigenvalue weighted by atomic mass is 10.2. The van der Waals surface area contributed by atoms with Gasteiger partial charge in [0.2, 0.25) is 0 Å². The van der Waals surface area contributed by atoms with E-state index >= 15 is 0 Å². The van der Waals surface area contributed by atoms with Crippen LogP contribution >= 0.6 is 0 Å². The van der Waals surface area contributed by atoms with Crippen molar-refractivity contribution in [2.24, 2.45) is 5.10 Å². The number of hydrogen-bond donors (Lipinski definition) is 0. The molecule has 2 heterocycles. The van der Waals surface area contributed by atoms with Crippen molar-refractivity contribution in [1.29, 1.82) is 0 Å². The Morgan fingerprint density at radius 3 is 2.94 bits per heavy atom. The average Bonchev–Trinajstić information content (AvgIpc) is 2.71. The van der Waals surface area contributed by atoms with Gasteiger partial charge in [0.05, 0.1) is 6.42 Å². The number of amides is 2. The first kappa shape index (κ1) is 11.4. The number of carbonyl (C=O) groups excluding carboxylic acids is 2. The van der Waals surface area contributed by atoms with Crippen molar-refractivity contribution in [2.45, 2.75) is 26.2 Å². The van der Waals surface area contributed by atoms with Gasteiger partial charge in [-0.15, -0.1) is 0 Å². The molecular formula is C12H13N3O2. The van der Waals surface area contributed by atoms with Crippen molar-refractivity contribution in [1.82, 2.24) is 9.99 Å². The summed E-state index contributed by atoms with van der Waals surface area (Å²) in [5.74, 6) is -0.731. The third kappa shape index (κ3) is 2.38. The smallest absolute Gasteiger partial charge is 0.272 e. The summed E-state index contributed by atoms with van der Waals surface area (Å²) in [7, 11) is 0. The molecule has 1 aliphatic rings. The van der Waals surface area contributed by atoms with E-state index in [1.54, 1.807) is 18.2 Å². The summed E-state index contributed by atoms with van der Waals surface area (Å²) in [5, 5.41) is 4.97. The van der Waals surface area contributed by atoms with Gasteiger partial charge in [0.15, 0.2) is 0 Å². The molecule has 5 nitrogen and oxygen atoms in total. The summed E-state index contributed by atoms with van der Waals surface area (Å²) in [5.41, 5.74) is 1.00. The van der Waals surface area contributed by atoms with Crippen molar-refractivity contribution in [3.8, 4) is 0 Å². The van der Waals surface area contributed by atoms with Gasteiger partial charge < -0.3 is 0 Å². The highest BCUT2D eigenvalue weighted by molar-refractivity contribution is 6.13. The van der Waals surface area contributed by atoms with E-state index in [0.717, 1.165) is 23.6 Å². The maximum atomic E-state index is 11.9. The first-order valence-corrected chi connectivity index (χ1v) is 5.57. The number of imide groups is 1. The van der Waals surface area contributed by atoms with E-state index in [4.69, 9.17) is 0 Å². The standard InChI is InChI=1S/C12H13N3O2/c1-2-5-9-8-11(16)15(14-9)12(17)10-6-3-4-7-13-10/h3-4,6-7H,2,5,8H2,1H3. The topological polar surface area (TPSA) is 62.6 Å². The summed E-state index contributed by atoms with van der Waals surface area (Å²) in [4.78, 5) is 27.5. The Kier molecular flexibility index (Phi) is 3.27. The molecule has 0 bridgehead atoms. The number of hydrogen-bond acceptors (Lipinski definition) is 4. The molecule has 1 aromatic rings.